The molecule has 1 amide bonds. The lowest BCUT2D eigenvalue weighted by atomic mass is 10.1. The van der Waals surface area contributed by atoms with Crippen LogP contribution in [-0.2, 0) is 11.2 Å². The van der Waals surface area contributed by atoms with Crippen LogP contribution in [0.4, 0.5) is 11.5 Å². The van der Waals surface area contributed by atoms with Gasteiger partial charge in [-0.3, -0.25) is 14.8 Å². The number of nitrogens with one attached hydrogen (secondary N) is 1. The first-order chi connectivity index (χ1) is 14.2. The van der Waals surface area contributed by atoms with Crippen molar-refractivity contribution in [3.05, 3.63) is 60.1 Å². The van der Waals surface area contributed by atoms with Gasteiger partial charge in [0.2, 0.25) is 0 Å². The molecule has 0 spiro atoms. The number of carbonyl (C=O) groups is 1. The molecule has 3 aromatic rings. The lowest BCUT2D eigenvalue weighted by Gasteiger charge is -2.32. The molecule has 150 valence electrons. The highest BCUT2D eigenvalue weighted by Gasteiger charge is 2.28. The topological polar surface area (TPSA) is 106 Å². The smallest absolute Gasteiger partial charge is 0.276 e. The van der Waals surface area contributed by atoms with E-state index in [9.17, 15) is 4.79 Å². The van der Waals surface area contributed by atoms with Gasteiger partial charge in [0.1, 0.15) is 17.7 Å². The van der Waals surface area contributed by atoms with Crippen LogP contribution in [0.25, 0.3) is 0 Å². The van der Waals surface area contributed by atoms with Gasteiger partial charge in [0.15, 0.2) is 5.69 Å². The second-order valence-corrected chi connectivity index (χ2v) is 6.73. The molecule has 0 aliphatic carbocycles. The fourth-order valence-corrected chi connectivity index (χ4v) is 3.13. The van der Waals surface area contributed by atoms with E-state index >= 15 is 0 Å². The van der Waals surface area contributed by atoms with Gasteiger partial charge in [0, 0.05) is 31.4 Å². The maximum atomic E-state index is 12.8. The number of aryl methyl sites for hydroxylation is 1. The van der Waals surface area contributed by atoms with Gasteiger partial charge in [-0.15, -0.1) is 0 Å². The predicted molar refractivity (Wildman–Crippen MR) is 105 cm³/mol. The minimum Gasteiger partial charge on any atom is -0.368 e. The van der Waals surface area contributed by atoms with Crippen molar-refractivity contribution in [1.82, 2.24) is 25.0 Å². The molecule has 0 aromatic carbocycles. The molecule has 1 aliphatic rings. The highest BCUT2D eigenvalue weighted by atomic mass is 16.5. The Morgan fingerprint density at radius 1 is 1.28 bits per heavy atom. The number of carbonyl (C=O) groups excluding carboxylic acids is 1. The zero-order chi connectivity index (χ0) is 20.1. The van der Waals surface area contributed by atoms with Gasteiger partial charge in [-0.05, 0) is 18.6 Å². The molecule has 1 unspecified atom stereocenters. The zero-order valence-corrected chi connectivity index (χ0v) is 16.1. The van der Waals surface area contributed by atoms with Crippen LogP contribution in [0.2, 0.25) is 0 Å². The van der Waals surface area contributed by atoms with E-state index in [1.165, 1.54) is 0 Å². The number of nitrogens with zero attached hydrogens (tertiary/aromatic N) is 5. The Labute approximate surface area is 168 Å². The van der Waals surface area contributed by atoms with E-state index in [0.29, 0.717) is 31.2 Å². The van der Waals surface area contributed by atoms with Gasteiger partial charge in [0.25, 0.3) is 5.91 Å². The number of rotatable bonds is 6. The fourth-order valence-electron chi connectivity index (χ4n) is 3.13. The average Bonchev–Trinajstić information content (AvgIpc) is 3.23. The molecule has 1 N–H and O–H groups in total. The Hall–Kier alpha value is -3.33. The standard InChI is InChI=1S/C20H22N6O3/c1-2-3-15-10-17(25-29-15)20(27)26-8-9-28-18(13-26)16-5-4-14(11-23-16)24-19-12-21-6-7-22-19/h4-7,10-12,18H,2-3,8-9,13H2,1H3,(H,22,24). The van der Waals surface area contributed by atoms with Crippen molar-refractivity contribution in [2.45, 2.75) is 25.9 Å². The molecule has 1 atom stereocenters. The van der Waals surface area contributed by atoms with Gasteiger partial charge in [-0.1, -0.05) is 12.1 Å². The largest absolute Gasteiger partial charge is 0.368 e. The van der Waals surface area contributed by atoms with Gasteiger partial charge in [-0.25, -0.2) is 4.98 Å². The van der Waals surface area contributed by atoms with Crippen molar-refractivity contribution < 1.29 is 14.1 Å². The Balaban J connectivity index is 1.40. The molecule has 0 radical (unpaired) electrons. The van der Waals surface area contributed by atoms with Gasteiger partial charge in [0.05, 0.1) is 36.9 Å². The lowest BCUT2D eigenvalue weighted by molar-refractivity contribution is -0.0250. The van der Waals surface area contributed by atoms with Crippen molar-refractivity contribution >= 4 is 17.4 Å². The maximum Gasteiger partial charge on any atom is 0.276 e. The van der Waals surface area contributed by atoms with Gasteiger partial charge < -0.3 is 19.5 Å². The molecule has 0 bridgehead atoms. The van der Waals surface area contributed by atoms with Crippen LogP contribution in [0.3, 0.4) is 0 Å². The third-order valence-corrected chi connectivity index (χ3v) is 4.58. The number of amides is 1. The minimum atomic E-state index is -0.291. The quantitative estimate of drug-likeness (QED) is 0.680. The molecule has 1 fully saturated rings. The second kappa shape index (κ2) is 8.78. The summed E-state index contributed by atoms with van der Waals surface area (Å²) in [5.74, 6) is 1.22. The highest BCUT2D eigenvalue weighted by molar-refractivity contribution is 5.92. The number of hydrogen-bond donors (Lipinski definition) is 1. The van der Waals surface area contributed by atoms with Gasteiger partial charge in [-0.2, -0.15) is 0 Å². The third kappa shape index (κ3) is 4.57. The van der Waals surface area contributed by atoms with Crippen LogP contribution in [0.5, 0.6) is 0 Å². The third-order valence-electron chi connectivity index (χ3n) is 4.58. The van der Waals surface area contributed by atoms with Crippen molar-refractivity contribution in [3.8, 4) is 0 Å². The van der Waals surface area contributed by atoms with E-state index in [2.05, 4.69) is 32.3 Å². The molecule has 1 saturated heterocycles. The molecule has 4 rings (SSSR count). The summed E-state index contributed by atoms with van der Waals surface area (Å²) < 4.78 is 11.1. The van der Waals surface area contributed by atoms with Crippen molar-refractivity contribution in [1.29, 1.82) is 0 Å². The maximum absolute atomic E-state index is 12.8. The molecule has 0 saturated carbocycles. The van der Waals surface area contributed by atoms with Crippen LogP contribution in [0.15, 0.2) is 47.5 Å². The van der Waals surface area contributed by atoms with Crippen LogP contribution in [-0.4, -0.2) is 50.6 Å². The molecule has 4 heterocycles. The van der Waals surface area contributed by atoms with Crippen LogP contribution >= 0.6 is 0 Å². The van der Waals surface area contributed by atoms with E-state index in [1.807, 2.05) is 12.1 Å². The highest BCUT2D eigenvalue weighted by Crippen LogP contribution is 2.23. The summed E-state index contributed by atoms with van der Waals surface area (Å²) in [5, 5.41) is 7.05. The number of hydrogen-bond acceptors (Lipinski definition) is 8. The molecule has 1 aliphatic heterocycles. The molecule has 29 heavy (non-hydrogen) atoms. The lowest BCUT2D eigenvalue weighted by Crippen LogP contribution is -2.42. The average molecular weight is 394 g/mol. The number of anilines is 2. The van der Waals surface area contributed by atoms with E-state index < -0.39 is 0 Å². The summed E-state index contributed by atoms with van der Waals surface area (Å²) in [7, 11) is 0. The Morgan fingerprint density at radius 3 is 2.97 bits per heavy atom. The van der Waals surface area contributed by atoms with Crippen LogP contribution in [0, 0.1) is 0 Å². The first kappa shape index (κ1) is 19.0. The summed E-state index contributed by atoms with van der Waals surface area (Å²) in [6.45, 7) is 3.42. The Kier molecular flexibility index (Phi) is 5.76. The van der Waals surface area contributed by atoms with Crippen molar-refractivity contribution in [2.75, 3.05) is 25.0 Å². The summed E-state index contributed by atoms with van der Waals surface area (Å²) in [6.07, 6.45) is 8.00. The van der Waals surface area contributed by atoms with Crippen molar-refractivity contribution in [3.63, 3.8) is 0 Å². The Bertz CT molecular complexity index is 944. The first-order valence-corrected chi connectivity index (χ1v) is 9.58. The SMILES string of the molecule is CCCc1cc(C(=O)N2CCOC(c3ccc(Nc4cnccn4)cn3)C2)no1. The first-order valence-electron chi connectivity index (χ1n) is 9.58. The molecule has 9 nitrogen and oxygen atoms in total. The summed E-state index contributed by atoms with van der Waals surface area (Å²) in [4.78, 5) is 27.2. The molecule has 3 aromatic heterocycles. The predicted octanol–water partition coefficient (Wildman–Crippen LogP) is 2.77. The summed E-state index contributed by atoms with van der Waals surface area (Å²) in [5.41, 5.74) is 1.90. The molecular weight excluding hydrogens is 372 g/mol. The Morgan fingerprint density at radius 2 is 2.21 bits per heavy atom. The second-order valence-electron chi connectivity index (χ2n) is 6.73. The molecular formula is C20H22N6O3. The van der Waals surface area contributed by atoms with Gasteiger partial charge >= 0.3 is 0 Å². The van der Waals surface area contributed by atoms with Crippen molar-refractivity contribution in [2.24, 2.45) is 0 Å². The number of aromatic nitrogens is 4. The van der Waals surface area contributed by atoms with E-state index in [0.717, 1.165) is 30.0 Å². The van der Waals surface area contributed by atoms with E-state index in [4.69, 9.17) is 9.26 Å². The van der Waals surface area contributed by atoms with Crippen LogP contribution in [0.1, 0.15) is 41.4 Å². The summed E-state index contributed by atoms with van der Waals surface area (Å²) in [6, 6.07) is 5.50. The number of ether oxygens (including phenoxy) is 1. The molecule has 9 heteroatoms. The van der Waals surface area contributed by atoms with E-state index in [1.54, 1.807) is 35.8 Å². The fraction of sp³-hybridized carbons (Fsp3) is 0.350. The summed E-state index contributed by atoms with van der Waals surface area (Å²) >= 11 is 0. The normalized spacial score (nSPS) is 16.6. The monoisotopic (exact) mass is 394 g/mol. The number of morpholine rings is 1. The minimum absolute atomic E-state index is 0.148. The zero-order valence-electron chi connectivity index (χ0n) is 16.1. The van der Waals surface area contributed by atoms with Crippen LogP contribution < -0.4 is 5.32 Å². The number of pyridine rings is 1. The van der Waals surface area contributed by atoms with E-state index in [-0.39, 0.29) is 12.0 Å².